The fourth-order valence-corrected chi connectivity index (χ4v) is 5.13. The molecule has 2 fully saturated rings. The lowest BCUT2D eigenvalue weighted by Crippen LogP contribution is -2.30. The Kier molecular flexibility index (Phi) is 3.84. The molecule has 1 aliphatic carbocycles. The van der Waals surface area contributed by atoms with Gasteiger partial charge in [-0.15, -0.1) is 0 Å². The fraction of sp³-hybridized carbons (Fsp3) is 0.600. The van der Waals surface area contributed by atoms with E-state index in [4.69, 9.17) is 5.73 Å². The van der Waals surface area contributed by atoms with Gasteiger partial charge in [0.1, 0.15) is 0 Å². The van der Waals surface area contributed by atoms with Crippen LogP contribution in [-0.2, 0) is 22.3 Å². The van der Waals surface area contributed by atoms with Crippen molar-refractivity contribution in [1.29, 1.82) is 0 Å². The van der Waals surface area contributed by atoms with Crippen molar-refractivity contribution in [1.82, 2.24) is 4.31 Å². The van der Waals surface area contributed by atoms with Crippen LogP contribution in [0, 0.1) is 11.8 Å². The summed E-state index contributed by atoms with van der Waals surface area (Å²) in [7, 11) is -3.17. The molecule has 5 heteroatoms. The van der Waals surface area contributed by atoms with Gasteiger partial charge in [0.25, 0.3) is 0 Å². The highest BCUT2D eigenvalue weighted by Gasteiger charge is 2.40. The van der Waals surface area contributed by atoms with Crippen molar-refractivity contribution in [2.24, 2.45) is 17.6 Å². The first-order chi connectivity index (χ1) is 9.58. The standard InChI is InChI=1S/C15H22N2O2S/c16-8-12-4-6-13(7-5-12)11-20(18,19)17-9-14-2-1-3-15(14)10-17/h4-7,14-15H,1-3,8-11,16H2. The maximum atomic E-state index is 12.5. The van der Waals surface area contributed by atoms with Gasteiger partial charge in [-0.25, -0.2) is 12.7 Å². The number of nitrogens with zero attached hydrogens (tertiary/aromatic N) is 1. The smallest absolute Gasteiger partial charge is 0.218 e. The molecule has 0 bridgehead atoms. The molecule has 0 amide bonds. The number of hydrogen-bond acceptors (Lipinski definition) is 3. The lowest BCUT2D eigenvalue weighted by Gasteiger charge is -2.17. The van der Waals surface area contributed by atoms with Gasteiger partial charge in [0.05, 0.1) is 5.75 Å². The van der Waals surface area contributed by atoms with Crippen molar-refractivity contribution in [2.75, 3.05) is 13.1 Å². The second-order valence-electron chi connectivity index (χ2n) is 6.04. The third kappa shape index (κ3) is 2.75. The van der Waals surface area contributed by atoms with E-state index in [-0.39, 0.29) is 5.75 Å². The largest absolute Gasteiger partial charge is 0.326 e. The summed E-state index contributed by atoms with van der Waals surface area (Å²) >= 11 is 0. The van der Waals surface area contributed by atoms with E-state index in [0.29, 0.717) is 18.4 Å². The lowest BCUT2D eigenvalue weighted by molar-refractivity contribution is 0.445. The van der Waals surface area contributed by atoms with Crippen molar-refractivity contribution >= 4 is 10.0 Å². The van der Waals surface area contributed by atoms with E-state index >= 15 is 0 Å². The average molecular weight is 294 g/mol. The lowest BCUT2D eigenvalue weighted by atomic mass is 10.0. The van der Waals surface area contributed by atoms with Crippen molar-refractivity contribution in [3.05, 3.63) is 35.4 Å². The summed E-state index contributed by atoms with van der Waals surface area (Å²) < 4.78 is 26.7. The molecule has 0 spiro atoms. The van der Waals surface area contributed by atoms with Crippen LogP contribution in [0.1, 0.15) is 30.4 Å². The van der Waals surface area contributed by atoms with Crippen LogP contribution in [0.4, 0.5) is 0 Å². The molecule has 2 N–H and O–H groups in total. The Morgan fingerprint density at radius 2 is 1.60 bits per heavy atom. The first-order valence-corrected chi connectivity index (χ1v) is 8.95. The molecular formula is C15H22N2O2S. The minimum absolute atomic E-state index is 0.108. The second kappa shape index (κ2) is 5.47. The molecule has 0 radical (unpaired) electrons. The predicted octanol–water partition coefficient (Wildman–Crippen LogP) is 1.71. The van der Waals surface area contributed by atoms with E-state index in [1.54, 1.807) is 4.31 Å². The zero-order chi connectivity index (χ0) is 14.2. The Morgan fingerprint density at radius 3 is 2.15 bits per heavy atom. The molecule has 1 heterocycles. The molecule has 20 heavy (non-hydrogen) atoms. The van der Waals surface area contributed by atoms with Gasteiger partial charge in [-0.1, -0.05) is 30.7 Å². The van der Waals surface area contributed by atoms with Crippen LogP contribution in [0.3, 0.4) is 0 Å². The van der Waals surface area contributed by atoms with Crippen LogP contribution in [0.15, 0.2) is 24.3 Å². The van der Waals surface area contributed by atoms with Gasteiger partial charge in [0, 0.05) is 19.6 Å². The summed E-state index contributed by atoms with van der Waals surface area (Å²) in [6.45, 7) is 1.95. The van der Waals surface area contributed by atoms with E-state index in [1.807, 2.05) is 24.3 Å². The third-order valence-electron chi connectivity index (χ3n) is 4.69. The van der Waals surface area contributed by atoms with Crippen LogP contribution >= 0.6 is 0 Å². The molecule has 1 saturated heterocycles. The SMILES string of the molecule is NCc1ccc(CS(=O)(=O)N2CC3CCCC3C2)cc1. The number of fused-ring (bicyclic) bond motifs is 1. The van der Waals surface area contributed by atoms with Crippen LogP contribution < -0.4 is 5.73 Å². The van der Waals surface area contributed by atoms with Crippen LogP contribution in [0.25, 0.3) is 0 Å². The summed E-state index contributed by atoms with van der Waals surface area (Å²) in [6, 6.07) is 7.56. The molecule has 4 nitrogen and oxygen atoms in total. The summed E-state index contributed by atoms with van der Waals surface area (Å²) in [5, 5.41) is 0. The monoisotopic (exact) mass is 294 g/mol. The first-order valence-electron chi connectivity index (χ1n) is 7.34. The topological polar surface area (TPSA) is 63.4 Å². The normalized spacial score (nSPS) is 26.9. The number of benzene rings is 1. The number of hydrogen-bond donors (Lipinski definition) is 1. The van der Waals surface area contributed by atoms with Crippen LogP contribution in [-0.4, -0.2) is 25.8 Å². The van der Waals surface area contributed by atoms with Crippen molar-refractivity contribution in [3.63, 3.8) is 0 Å². The molecule has 1 saturated carbocycles. The van der Waals surface area contributed by atoms with E-state index in [1.165, 1.54) is 19.3 Å². The van der Waals surface area contributed by atoms with Crippen molar-refractivity contribution in [3.8, 4) is 0 Å². The molecule has 3 rings (SSSR count). The van der Waals surface area contributed by atoms with Gasteiger partial charge >= 0.3 is 0 Å². The highest BCUT2D eigenvalue weighted by Crippen LogP contribution is 2.39. The first kappa shape index (κ1) is 14.0. The fourth-order valence-electron chi connectivity index (χ4n) is 3.49. The van der Waals surface area contributed by atoms with Gasteiger partial charge in [-0.3, -0.25) is 0 Å². The molecule has 1 aliphatic heterocycles. The molecule has 1 aromatic carbocycles. The maximum Gasteiger partial charge on any atom is 0.218 e. The van der Waals surface area contributed by atoms with Gasteiger partial charge in [0.15, 0.2) is 0 Å². The van der Waals surface area contributed by atoms with Crippen molar-refractivity contribution < 1.29 is 8.42 Å². The summed E-state index contributed by atoms with van der Waals surface area (Å²) in [5.74, 6) is 1.31. The van der Waals surface area contributed by atoms with E-state index in [2.05, 4.69) is 0 Å². The molecular weight excluding hydrogens is 272 g/mol. The predicted molar refractivity (Wildman–Crippen MR) is 79.4 cm³/mol. The van der Waals surface area contributed by atoms with Crippen LogP contribution in [0.2, 0.25) is 0 Å². The Hall–Kier alpha value is -0.910. The summed E-state index contributed by atoms with van der Waals surface area (Å²) in [4.78, 5) is 0. The Balaban J connectivity index is 1.69. The molecule has 0 aromatic heterocycles. The second-order valence-corrected chi connectivity index (χ2v) is 8.01. The van der Waals surface area contributed by atoms with Crippen molar-refractivity contribution in [2.45, 2.75) is 31.6 Å². The number of rotatable bonds is 4. The van der Waals surface area contributed by atoms with Gasteiger partial charge in [-0.05, 0) is 35.8 Å². The number of sulfonamides is 1. The zero-order valence-electron chi connectivity index (χ0n) is 11.7. The highest BCUT2D eigenvalue weighted by atomic mass is 32.2. The molecule has 110 valence electrons. The Morgan fingerprint density at radius 1 is 1.05 bits per heavy atom. The quantitative estimate of drug-likeness (QED) is 0.919. The molecule has 2 aliphatic rings. The van der Waals surface area contributed by atoms with E-state index in [9.17, 15) is 8.42 Å². The highest BCUT2D eigenvalue weighted by molar-refractivity contribution is 7.88. The number of nitrogens with two attached hydrogens (primary N) is 1. The Labute approximate surface area is 121 Å². The average Bonchev–Trinajstić information content (AvgIpc) is 3.00. The Bertz CT molecular complexity index is 556. The third-order valence-corrected chi connectivity index (χ3v) is 6.48. The molecule has 1 aromatic rings. The molecule has 2 atom stereocenters. The molecule has 2 unspecified atom stereocenters. The van der Waals surface area contributed by atoms with E-state index in [0.717, 1.165) is 24.2 Å². The van der Waals surface area contributed by atoms with Gasteiger partial charge < -0.3 is 5.73 Å². The minimum atomic E-state index is -3.17. The van der Waals surface area contributed by atoms with Gasteiger partial charge in [0.2, 0.25) is 10.0 Å². The van der Waals surface area contributed by atoms with Gasteiger partial charge in [-0.2, -0.15) is 0 Å². The summed E-state index contributed by atoms with van der Waals surface area (Å²) in [6.07, 6.45) is 3.66. The summed E-state index contributed by atoms with van der Waals surface area (Å²) in [5.41, 5.74) is 7.43. The zero-order valence-corrected chi connectivity index (χ0v) is 12.5. The van der Waals surface area contributed by atoms with Crippen LogP contribution in [0.5, 0.6) is 0 Å². The minimum Gasteiger partial charge on any atom is -0.326 e. The van der Waals surface area contributed by atoms with E-state index < -0.39 is 10.0 Å². The maximum absolute atomic E-state index is 12.5.